The number of rotatable bonds is 4. The number of carbonyl (C=O) groups excluding carboxylic acids is 1. The molecule has 0 N–H and O–H groups in total. The summed E-state index contributed by atoms with van der Waals surface area (Å²) in [5.41, 5.74) is 1.16. The normalized spacial score (nSPS) is 11.2. The zero-order valence-corrected chi connectivity index (χ0v) is 13.4. The third-order valence-electron chi connectivity index (χ3n) is 3.61. The summed E-state index contributed by atoms with van der Waals surface area (Å²) in [6.45, 7) is 2.52. The standard InChI is InChI=1S/C14H16N4O3S/c1-4-16(2)14-15-17(8-12(19)21-3)13(20)10-7-11-9(18(10)14)5-6-22-11/h5-7H,4,8H2,1-3H3. The van der Waals surface area contributed by atoms with E-state index in [-0.39, 0.29) is 12.1 Å². The van der Waals surface area contributed by atoms with Gasteiger partial charge in [-0.05, 0) is 24.4 Å². The predicted octanol–water partition coefficient (Wildman–Crippen LogP) is 1.34. The summed E-state index contributed by atoms with van der Waals surface area (Å²) in [7, 11) is 3.19. The molecule has 0 aliphatic heterocycles. The number of nitrogens with zero attached hydrogens (tertiary/aromatic N) is 4. The van der Waals surface area contributed by atoms with E-state index in [0.717, 1.165) is 21.4 Å². The van der Waals surface area contributed by atoms with Crippen LogP contribution in [0.1, 0.15) is 6.92 Å². The molecule has 0 atom stereocenters. The van der Waals surface area contributed by atoms with Crippen LogP contribution in [0.15, 0.2) is 22.3 Å². The molecule has 0 fully saturated rings. The van der Waals surface area contributed by atoms with Crippen LogP contribution in [0.25, 0.3) is 15.7 Å². The first-order valence-electron chi connectivity index (χ1n) is 6.84. The second-order valence-corrected chi connectivity index (χ2v) is 5.84. The Balaban J connectivity index is 2.33. The van der Waals surface area contributed by atoms with Gasteiger partial charge >= 0.3 is 5.97 Å². The molecule has 0 aliphatic carbocycles. The second-order valence-electron chi connectivity index (χ2n) is 4.89. The number of methoxy groups -OCH3 is 1. The predicted molar refractivity (Wildman–Crippen MR) is 85.8 cm³/mol. The van der Waals surface area contributed by atoms with Gasteiger partial charge in [-0.25, -0.2) is 4.68 Å². The van der Waals surface area contributed by atoms with Gasteiger partial charge in [0.25, 0.3) is 5.56 Å². The van der Waals surface area contributed by atoms with Crippen molar-refractivity contribution in [1.29, 1.82) is 0 Å². The molecule has 0 amide bonds. The fraction of sp³-hybridized carbons (Fsp3) is 0.357. The molecule has 0 aliphatic rings. The molecule has 3 aromatic heterocycles. The first-order chi connectivity index (χ1) is 10.6. The highest BCUT2D eigenvalue weighted by Gasteiger charge is 2.18. The maximum Gasteiger partial charge on any atom is 0.327 e. The van der Waals surface area contributed by atoms with Crippen LogP contribution in [0.2, 0.25) is 0 Å². The summed E-state index contributed by atoms with van der Waals surface area (Å²) in [6.07, 6.45) is 0. The Bertz CT molecular complexity index is 908. The van der Waals surface area contributed by atoms with Crippen LogP contribution in [0.4, 0.5) is 5.95 Å². The molecule has 22 heavy (non-hydrogen) atoms. The SMILES string of the molecule is CCN(C)c1nn(CC(=O)OC)c(=O)c2cc3sccc3n12. The second kappa shape index (κ2) is 5.45. The quantitative estimate of drug-likeness (QED) is 0.679. The number of hydrogen-bond donors (Lipinski definition) is 0. The molecule has 3 heterocycles. The average molecular weight is 320 g/mol. The Kier molecular flexibility index (Phi) is 3.61. The summed E-state index contributed by atoms with van der Waals surface area (Å²) >= 11 is 1.57. The van der Waals surface area contributed by atoms with Crippen LogP contribution in [0, 0.1) is 0 Å². The zero-order valence-electron chi connectivity index (χ0n) is 12.6. The van der Waals surface area contributed by atoms with Crippen LogP contribution >= 0.6 is 11.3 Å². The molecule has 0 saturated carbocycles. The Morgan fingerprint density at radius 3 is 2.91 bits per heavy atom. The van der Waals surface area contributed by atoms with Gasteiger partial charge in [0.2, 0.25) is 5.95 Å². The lowest BCUT2D eigenvalue weighted by molar-refractivity contribution is -0.141. The lowest BCUT2D eigenvalue weighted by Crippen LogP contribution is -2.32. The number of fused-ring (bicyclic) bond motifs is 3. The van der Waals surface area contributed by atoms with Crippen molar-refractivity contribution in [2.45, 2.75) is 13.5 Å². The third-order valence-corrected chi connectivity index (χ3v) is 4.46. The van der Waals surface area contributed by atoms with Crippen LogP contribution in [0.5, 0.6) is 0 Å². The fourth-order valence-corrected chi connectivity index (χ4v) is 3.11. The lowest BCUT2D eigenvalue weighted by Gasteiger charge is -2.18. The molecule has 8 heteroatoms. The van der Waals surface area contributed by atoms with Gasteiger partial charge in [-0.3, -0.25) is 14.0 Å². The van der Waals surface area contributed by atoms with Crippen LogP contribution < -0.4 is 10.5 Å². The van der Waals surface area contributed by atoms with Gasteiger partial charge in [0.05, 0.1) is 17.3 Å². The van der Waals surface area contributed by atoms with Gasteiger partial charge in [-0.2, -0.15) is 0 Å². The molecule has 7 nitrogen and oxygen atoms in total. The van der Waals surface area contributed by atoms with Gasteiger partial charge in [0.1, 0.15) is 12.1 Å². The van der Waals surface area contributed by atoms with Gasteiger partial charge in [-0.1, -0.05) is 0 Å². The van der Waals surface area contributed by atoms with Crippen molar-refractivity contribution in [2.24, 2.45) is 0 Å². The number of hydrogen-bond acceptors (Lipinski definition) is 6. The number of ether oxygens (including phenoxy) is 1. The maximum atomic E-state index is 12.6. The zero-order chi connectivity index (χ0) is 15.9. The first kappa shape index (κ1) is 14.6. The first-order valence-corrected chi connectivity index (χ1v) is 7.72. The molecule has 0 bridgehead atoms. The molecule has 0 radical (unpaired) electrons. The number of esters is 1. The van der Waals surface area contributed by atoms with Crippen molar-refractivity contribution in [1.82, 2.24) is 14.2 Å². The fourth-order valence-electron chi connectivity index (χ4n) is 2.31. The van der Waals surface area contributed by atoms with E-state index >= 15 is 0 Å². The van der Waals surface area contributed by atoms with Crippen LogP contribution in [0.3, 0.4) is 0 Å². The van der Waals surface area contributed by atoms with Crippen molar-refractivity contribution >= 4 is 39.0 Å². The third kappa shape index (κ3) is 2.16. The molecule has 0 unspecified atom stereocenters. The summed E-state index contributed by atoms with van der Waals surface area (Å²) in [5, 5.41) is 6.34. The van der Waals surface area contributed by atoms with Crippen LogP contribution in [-0.2, 0) is 16.1 Å². The van der Waals surface area contributed by atoms with E-state index in [1.807, 2.05) is 40.8 Å². The highest BCUT2D eigenvalue weighted by Crippen LogP contribution is 2.26. The summed E-state index contributed by atoms with van der Waals surface area (Å²) in [6, 6.07) is 3.80. The highest BCUT2D eigenvalue weighted by molar-refractivity contribution is 7.17. The molecule has 0 saturated heterocycles. The Morgan fingerprint density at radius 1 is 1.45 bits per heavy atom. The molecule has 116 valence electrons. The van der Waals surface area contributed by atoms with Crippen molar-refractivity contribution in [3.8, 4) is 0 Å². The van der Waals surface area contributed by atoms with E-state index in [2.05, 4.69) is 9.84 Å². The molecular formula is C14H16N4O3S. The smallest absolute Gasteiger partial charge is 0.327 e. The Labute approximate surface area is 130 Å². The van der Waals surface area contributed by atoms with Crippen LogP contribution in [-0.4, -0.2) is 40.9 Å². The summed E-state index contributed by atoms with van der Waals surface area (Å²) < 4.78 is 8.65. The van der Waals surface area contributed by atoms with Crippen molar-refractivity contribution in [3.63, 3.8) is 0 Å². The van der Waals surface area contributed by atoms with E-state index in [0.29, 0.717) is 11.5 Å². The largest absolute Gasteiger partial charge is 0.468 e. The van der Waals surface area contributed by atoms with E-state index < -0.39 is 5.97 Å². The lowest BCUT2D eigenvalue weighted by atomic mass is 10.5. The molecular weight excluding hydrogens is 304 g/mol. The number of thiophene rings is 1. The monoisotopic (exact) mass is 320 g/mol. The Hall–Kier alpha value is -2.35. The number of carbonyl (C=O) groups is 1. The number of anilines is 1. The highest BCUT2D eigenvalue weighted by atomic mass is 32.1. The molecule has 0 aromatic carbocycles. The van der Waals surface area contributed by atoms with Crippen molar-refractivity contribution in [2.75, 3.05) is 25.6 Å². The van der Waals surface area contributed by atoms with Gasteiger partial charge in [-0.15, -0.1) is 16.4 Å². The van der Waals surface area contributed by atoms with E-state index in [4.69, 9.17) is 0 Å². The van der Waals surface area contributed by atoms with E-state index in [1.54, 1.807) is 11.3 Å². The minimum absolute atomic E-state index is 0.199. The average Bonchev–Trinajstić information content (AvgIpc) is 3.10. The summed E-state index contributed by atoms with van der Waals surface area (Å²) in [5.74, 6) is 0.117. The van der Waals surface area contributed by atoms with Crippen molar-refractivity contribution < 1.29 is 9.53 Å². The van der Waals surface area contributed by atoms with Crippen molar-refractivity contribution in [3.05, 3.63) is 27.9 Å². The van der Waals surface area contributed by atoms with Gasteiger partial charge < -0.3 is 9.64 Å². The van der Waals surface area contributed by atoms with E-state index in [1.165, 1.54) is 7.11 Å². The maximum absolute atomic E-state index is 12.6. The molecule has 0 spiro atoms. The topological polar surface area (TPSA) is 68.8 Å². The van der Waals surface area contributed by atoms with Gasteiger partial charge in [0.15, 0.2) is 0 Å². The summed E-state index contributed by atoms with van der Waals surface area (Å²) in [4.78, 5) is 26.0. The van der Waals surface area contributed by atoms with E-state index in [9.17, 15) is 9.59 Å². The molecule has 3 rings (SSSR count). The minimum Gasteiger partial charge on any atom is -0.468 e. The minimum atomic E-state index is -0.502. The van der Waals surface area contributed by atoms with Gasteiger partial charge in [0, 0.05) is 13.6 Å². The molecule has 3 aromatic rings. The number of aromatic nitrogens is 3. The Morgan fingerprint density at radius 2 is 2.23 bits per heavy atom.